The van der Waals surface area contributed by atoms with E-state index in [1.54, 1.807) is 0 Å². The Morgan fingerprint density at radius 3 is 2.60 bits per heavy atom. The zero-order chi connectivity index (χ0) is 11.1. The van der Waals surface area contributed by atoms with Crippen molar-refractivity contribution in [1.82, 2.24) is 5.32 Å². The van der Waals surface area contributed by atoms with Crippen LogP contribution in [0.1, 0.15) is 39.5 Å². The molecular formula is C12H25NO2. The Hall–Kier alpha value is -0.120. The fourth-order valence-electron chi connectivity index (χ4n) is 1.84. The Morgan fingerprint density at radius 1 is 1.33 bits per heavy atom. The van der Waals surface area contributed by atoms with Crippen molar-refractivity contribution in [2.24, 2.45) is 5.41 Å². The van der Waals surface area contributed by atoms with Crippen molar-refractivity contribution in [3.8, 4) is 0 Å². The molecule has 0 amide bonds. The fraction of sp³-hybridized carbons (Fsp3) is 1.00. The van der Waals surface area contributed by atoms with Gasteiger partial charge in [0.2, 0.25) is 0 Å². The van der Waals surface area contributed by atoms with E-state index in [1.165, 1.54) is 25.7 Å². The highest BCUT2D eigenvalue weighted by atomic mass is 16.5. The summed E-state index contributed by atoms with van der Waals surface area (Å²) in [6, 6.07) is 0. The van der Waals surface area contributed by atoms with Gasteiger partial charge in [-0.1, -0.05) is 26.7 Å². The van der Waals surface area contributed by atoms with Crippen LogP contribution in [0.4, 0.5) is 0 Å². The van der Waals surface area contributed by atoms with Gasteiger partial charge in [-0.3, -0.25) is 0 Å². The topological polar surface area (TPSA) is 41.5 Å². The van der Waals surface area contributed by atoms with Crippen LogP contribution in [0.2, 0.25) is 0 Å². The van der Waals surface area contributed by atoms with Crippen LogP contribution in [0.25, 0.3) is 0 Å². The van der Waals surface area contributed by atoms with Gasteiger partial charge >= 0.3 is 0 Å². The Kier molecular flexibility index (Phi) is 5.58. The zero-order valence-electron chi connectivity index (χ0n) is 10.1. The highest BCUT2D eigenvalue weighted by molar-refractivity contribution is 4.70. The van der Waals surface area contributed by atoms with Crippen molar-refractivity contribution in [3.63, 3.8) is 0 Å². The number of aliphatic hydroxyl groups is 1. The Bertz CT molecular complexity index is 165. The molecule has 0 heterocycles. The molecule has 0 aromatic rings. The summed E-state index contributed by atoms with van der Waals surface area (Å²) >= 11 is 0. The number of aliphatic hydroxyl groups excluding tert-OH is 1. The monoisotopic (exact) mass is 215 g/mol. The van der Waals surface area contributed by atoms with E-state index < -0.39 is 0 Å². The van der Waals surface area contributed by atoms with Crippen molar-refractivity contribution in [2.45, 2.75) is 45.6 Å². The van der Waals surface area contributed by atoms with Crippen molar-refractivity contribution >= 4 is 0 Å². The summed E-state index contributed by atoms with van der Waals surface area (Å²) in [7, 11) is 0. The first kappa shape index (κ1) is 12.9. The van der Waals surface area contributed by atoms with Crippen LogP contribution >= 0.6 is 0 Å². The van der Waals surface area contributed by atoms with Crippen LogP contribution in [-0.4, -0.2) is 37.5 Å². The maximum absolute atomic E-state index is 9.05. The van der Waals surface area contributed by atoms with Crippen LogP contribution in [0.5, 0.6) is 0 Å². The molecule has 1 aliphatic carbocycles. The predicted octanol–water partition coefficient (Wildman–Crippen LogP) is 1.55. The molecule has 0 atom stereocenters. The summed E-state index contributed by atoms with van der Waals surface area (Å²) in [5, 5.41) is 12.4. The van der Waals surface area contributed by atoms with Gasteiger partial charge in [0.25, 0.3) is 0 Å². The molecule has 0 unspecified atom stereocenters. The quantitative estimate of drug-likeness (QED) is 0.633. The molecule has 0 saturated heterocycles. The molecular weight excluding hydrogens is 190 g/mol. The second kappa shape index (κ2) is 6.46. The summed E-state index contributed by atoms with van der Waals surface area (Å²) in [5.41, 5.74) is -0.0205. The third kappa shape index (κ3) is 5.50. The second-order valence-electron chi connectivity index (χ2n) is 5.28. The van der Waals surface area contributed by atoms with Gasteiger partial charge in [0.1, 0.15) is 0 Å². The molecule has 0 spiro atoms. The van der Waals surface area contributed by atoms with Gasteiger partial charge in [0.05, 0.1) is 12.7 Å². The Morgan fingerprint density at radius 2 is 2.00 bits per heavy atom. The number of nitrogens with one attached hydrogen (secondary N) is 1. The lowest BCUT2D eigenvalue weighted by atomic mass is 9.95. The molecule has 0 radical (unpaired) electrons. The van der Waals surface area contributed by atoms with E-state index in [0.717, 1.165) is 19.7 Å². The van der Waals surface area contributed by atoms with Gasteiger partial charge in [-0.05, 0) is 12.8 Å². The van der Waals surface area contributed by atoms with Gasteiger partial charge in [0, 0.05) is 25.1 Å². The third-order valence-corrected chi connectivity index (χ3v) is 2.97. The largest absolute Gasteiger partial charge is 0.396 e. The molecule has 0 aromatic heterocycles. The lowest BCUT2D eigenvalue weighted by molar-refractivity contribution is 0.0580. The predicted molar refractivity (Wildman–Crippen MR) is 61.9 cm³/mol. The summed E-state index contributed by atoms with van der Waals surface area (Å²) < 4.78 is 5.73. The first-order chi connectivity index (χ1) is 7.14. The Balaban J connectivity index is 1.92. The number of hydrogen-bond donors (Lipinski definition) is 2. The van der Waals surface area contributed by atoms with E-state index in [4.69, 9.17) is 9.84 Å². The van der Waals surface area contributed by atoms with Gasteiger partial charge in [-0.2, -0.15) is 0 Å². The van der Waals surface area contributed by atoms with Crippen LogP contribution in [-0.2, 0) is 4.74 Å². The van der Waals surface area contributed by atoms with Crippen LogP contribution in [0.15, 0.2) is 0 Å². The molecule has 1 rings (SSSR count). The van der Waals surface area contributed by atoms with Crippen molar-refractivity contribution in [1.29, 1.82) is 0 Å². The molecule has 3 nitrogen and oxygen atoms in total. The lowest BCUT2D eigenvalue weighted by Crippen LogP contribution is -2.34. The molecule has 0 aliphatic heterocycles. The molecule has 1 saturated carbocycles. The molecule has 3 heteroatoms. The van der Waals surface area contributed by atoms with Crippen LogP contribution in [0, 0.1) is 5.41 Å². The number of ether oxygens (including phenoxy) is 1. The second-order valence-corrected chi connectivity index (χ2v) is 5.28. The van der Waals surface area contributed by atoms with Crippen LogP contribution in [0.3, 0.4) is 0 Å². The van der Waals surface area contributed by atoms with E-state index >= 15 is 0 Å². The van der Waals surface area contributed by atoms with E-state index in [1.807, 2.05) is 0 Å². The van der Waals surface area contributed by atoms with Gasteiger partial charge in [0.15, 0.2) is 0 Å². The SMILES string of the molecule is CC(C)(CO)CNCCOC1CCCC1. The van der Waals surface area contributed by atoms with E-state index in [9.17, 15) is 0 Å². The van der Waals surface area contributed by atoms with Gasteiger partial charge < -0.3 is 15.2 Å². The molecule has 0 aromatic carbocycles. The van der Waals surface area contributed by atoms with E-state index in [0.29, 0.717) is 6.10 Å². The standard InChI is InChI=1S/C12H25NO2/c1-12(2,10-14)9-13-7-8-15-11-5-3-4-6-11/h11,13-14H,3-10H2,1-2H3. The van der Waals surface area contributed by atoms with Gasteiger partial charge in [-0.15, -0.1) is 0 Å². The molecule has 0 bridgehead atoms. The molecule has 15 heavy (non-hydrogen) atoms. The first-order valence-electron chi connectivity index (χ1n) is 6.07. The maximum atomic E-state index is 9.05. The number of hydrogen-bond acceptors (Lipinski definition) is 3. The normalized spacial score (nSPS) is 18.6. The maximum Gasteiger partial charge on any atom is 0.0594 e. The minimum Gasteiger partial charge on any atom is -0.396 e. The highest BCUT2D eigenvalue weighted by Crippen LogP contribution is 2.20. The summed E-state index contributed by atoms with van der Waals surface area (Å²) in [4.78, 5) is 0. The van der Waals surface area contributed by atoms with Crippen molar-refractivity contribution in [2.75, 3.05) is 26.3 Å². The average Bonchev–Trinajstić information content (AvgIpc) is 2.70. The van der Waals surface area contributed by atoms with Gasteiger partial charge in [-0.25, -0.2) is 0 Å². The van der Waals surface area contributed by atoms with E-state index in [2.05, 4.69) is 19.2 Å². The molecule has 1 aliphatic rings. The summed E-state index contributed by atoms with van der Waals surface area (Å²) in [6.45, 7) is 6.86. The molecule has 2 N–H and O–H groups in total. The molecule has 1 fully saturated rings. The van der Waals surface area contributed by atoms with Crippen LogP contribution < -0.4 is 5.32 Å². The fourth-order valence-corrected chi connectivity index (χ4v) is 1.84. The number of rotatable bonds is 7. The van der Waals surface area contributed by atoms with E-state index in [-0.39, 0.29) is 12.0 Å². The lowest BCUT2D eigenvalue weighted by Gasteiger charge is -2.22. The molecule has 90 valence electrons. The summed E-state index contributed by atoms with van der Waals surface area (Å²) in [5.74, 6) is 0. The van der Waals surface area contributed by atoms with Crippen molar-refractivity contribution < 1.29 is 9.84 Å². The Labute approximate surface area is 93.2 Å². The van der Waals surface area contributed by atoms with Crippen molar-refractivity contribution in [3.05, 3.63) is 0 Å². The zero-order valence-corrected chi connectivity index (χ0v) is 10.1. The summed E-state index contributed by atoms with van der Waals surface area (Å²) in [6.07, 6.45) is 5.65. The third-order valence-electron chi connectivity index (χ3n) is 2.97. The average molecular weight is 215 g/mol. The minimum absolute atomic E-state index is 0.0205. The first-order valence-corrected chi connectivity index (χ1v) is 6.07. The smallest absolute Gasteiger partial charge is 0.0594 e. The minimum atomic E-state index is -0.0205. The highest BCUT2D eigenvalue weighted by Gasteiger charge is 2.16.